The smallest absolute Gasteiger partial charge is 0.317 e. The lowest BCUT2D eigenvalue weighted by Crippen LogP contribution is -2.44. The van der Waals surface area contributed by atoms with Crippen LogP contribution in [0.4, 0.5) is 4.79 Å². The zero-order chi connectivity index (χ0) is 17.5. The molecule has 3 amide bonds. The number of nitrogens with zero attached hydrogens (tertiary/aromatic N) is 2. The lowest BCUT2D eigenvalue weighted by molar-refractivity contribution is -0.127. The summed E-state index contributed by atoms with van der Waals surface area (Å²) in [6, 6.07) is 7.04. The molecular formula is C17H24ClN3O3. The van der Waals surface area contributed by atoms with E-state index >= 15 is 0 Å². The van der Waals surface area contributed by atoms with Crippen molar-refractivity contribution in [1.82, 2.24) is 15.1 Å². The second kappa shape index (κ2) is 8.78. The van der Waals surface area contributed by atoms with Crippen LogP contribution in [0.2, 0.25) is 5.02 Å². The van der Waals surface area contributed by atoms with Gasteiger partial charge in [-0.1, -0.05) is 23.7 Å². The zero-order valence-corrected chi connectivity index (χ0v) is 14.9. The molecule has 2 rings (SSSR count). The fourth-order valence-corrected chi connectivity index (χ4v) is 2.80. The maximum absolute atomic E-state index is 12.1. The average Bonchev–Trinajstić information content (AvgIpc) is 2.92. The van der Waals surface area contributed by atoms with Gasteiger partial charge in [-0.25, -0.2) is 4.79 Å². The van der Waals surface area contributed by atoms with E-state index in [0.717, 1.165) is 0 Å². The zero-order valence-electron chi connectivity index (χ0n) is 14.1. The lowest BCUT2D eigenvalue weighted by Gasteiger charge is -2.21. The highest BCUT2D eigenvalue weighted by Crippen LogP contribution is 2.23. The Hall–Kier alpha value is -1.95. The van der Waals surface area contributed by atoms with Crippen molar-refractivity contribution >= 4 is 23.5 Å². The predicted octanol–water partition coefficient (Wildman–Crippen LogP) is 2.37. The average molecular weight is 354 g/mol. The molecule has 1 saturated heterocycles. The molecule has 1 atom stereocenters. The van der Waals surface area contributed by atoms with Gasteiger partial charge < -0.3 is 19.9 Å². The van der Waals surface area contributed by atoms with Crippen LogP contribution in [0.3, 0.4) is 0 Å². The van der Waals surface area contributed by atoms with Crippen molar-refractivity contribution in [3.8, 4) is 5.75 Å². The Bertz CT molecular complexity index is 582. The Labute approximate surface area is 147 Å². The summed E-state index contributed by atoms with van der Waals surface area (Å²) in [5.74, 6) is 0.744. The normalized spacial score (nSPS) is 17.0. The van der Waals surface area contributed by atoms with Crippen molar-refractivity contribution < 1.29 is 14.3 Å². The monoisotopic (exact) mass is 353 g/mol. The van der Waals surface area contributed by atoms with E-state index in [2.05, 4.69) is 5.32 Å². The van der Waals surface area contributed by atoms with Crippen LogP contribution in [-0.2, 0) is 4.79 Å². The van der Waals surface area contributed by atoms with E-state index in [0.29, 0.717) is 49.9 Å². The van der Waals surface area contributed by atoms with E-state index in [1.54, 1.807) is 22.9 Å². The van der Waals surface area contributed by atoms with Crippen LogP contribution in [0.15, 0.2) is 24.3 Å². The highest BCUT2D eigenvalue weighted by Gasteiger charge is 2.29. The van der Waals surface area contributed by atoms with Crippen LogP contribution in [0.5, 0.6) is 5.75 Å². The van der Waals surface area contributed by atoms with Crippen LogP contribution >= 0.6 is 11.6 Å². The van der Waals surface area contributed by atoms with E-state index in [-0.39, 0.29) is 18.0 Å². The molecule has 1 aromatic carbocycles. The van der Waals surface area contributed by atoms with E-state index in [9.17, 15) is 9.59 Å². The molecular weight excluding hydrogens is 330 g/mol. The minimum absolute atomic E-state index is 0.0959. The first-order chi connectivity index (χ1) is 11.5. The van der Waals surface area contributed by atoms with E-state index in [4.69, 9.17) is 16.3 Å². The van der Waals surface area contributed by atoms with Crippen LogP contribution in [0.25, 0.3) is 0 Å². The molecule has 132 valence electrons. The predicted molar refractivity (Wildman–Crippen MR) is 93.4 cm³/mol. The van der Waals surface area contributed by atoms with Gasteiger partial charge in [-0.05, 0) is 25.5 Å². The molecule has 0 aliphatic carbocycles. The number of ether oxygens (including phenoxy) is 1. The number of amides is 3. The minimum Gasteiger partial charge on any atom is -0.492 e. The molecule has 1 aliphatic rings. The van der Waals surface area contributed by atoms with Crippen molar-refractivity contribution in [2.45, 2.75) is 25.8 Å². The molecule has 6 nitrogen and oxygen atoms in total. The number of carbonyl (C=O) groups is 2. The lowest BCUT2D eigenvalue weighted by atomic mass is 10.2. The number of urea groups is 1. The molecule has 1 fully saturated rings. The summed E-state index contributed by atoms with van der Waals surface area (Å²) in [7, 11) is 1.74. The van der Waals surface area contributed by atoms with Gasteiger partial charge in [0.15, 0.2) is 0 Å². The first-order valence-electron chi connectivity index (χ1n) is 8.18. The van der Waals surface area contributed by atoms with Crippen molar-refractivity contribution in [1.29, 1.82) is 0 Å². The molecule has 0 saturated carbocycles. The van der Waals surface area contributed by atoms with Gasteiger partial charge in [0.1, 0.15) is 5.75 Å². The maximum atomic E-state index is 12.1. The maximum Gasteiger partial charge on any atom is 0.317 e. The van der Waals surface area contributed by atoms with Gasteiger partial charge in [-0.15, -0.1) is 0 Å². The van der Waals surface area contributed by atoms with Gasteiger partial charge in [0.05, 0.1) is 17.7 Å². The molecule has 0 spiro atoms. The number of carbonyl (C=O) groups excluding carboxylic acids is 2. The Kier molecular flexibility index (Phi) is 6.73. The highest BCUT2D eigenvalue weighted by atomic mass is 35.5. The molecule has 0 unspecified atom stereocenters. The third-order valence-electron chi connectivity index (χ3n) is 4.00. The Morgan fingerprint density at radius 3 is 2.88 bits per heavy atom. The highest BCUT2D eigenvalue weighted by molar-refractivity contribution is 6.32. The van der Waals surface area contributed by atoms with Crippen LogP contribution in [-0.4, -0.2) is 61.1 Å². The summed E-state index contributed by atoms with van der Waals surface area (Å²) in [4.78, 5) is 27.2. The number of rotatable bonds is 7. The summed E-state index contributed by atoms with van der Waals surface area (Å²) in [6.07, 6.45) is 1.07. The topological polar surface area (TPSA) is 61.9 Å². The summed E-state index contributed by atoms with van der Waals surface area (Å²) < 4.78 is 5.60. The SMILES string of the molecule is CCN1C[C@@H](NC(=O)N(C)CCCOc2ccccc2Cl)CC1=O. The molecule has 1 N–H and O–H groups in total. The Morgan fingerprint density at radius 1 is 1.46 bits per heavy atom. The standard InChI is InChI=1S/C17H24ClN3O3/c1-3-21-12-13(11-16(21)22)19-17(23)20(2)9-6-10-24-15-8-5-4-7-14(15)18/h4-5,7-8,13H,3,6,9-12H2,1-2H3,(H,19,23)/t13-/m0/s1. The van der Waals surface area contributed by atoms with Gasteiger partial charge in [0, 0.05) is 33.1 Å². The third-order valence-corrected chi connectivity index (χ3v) is 4.31. The molecule has 0 radical (unpaired) electrons. The first kappa shape index (κ1) is 18.4. The first-order valence-corrected chi connectivity index (χ1v) is 8.55. The summed E-state index contributed by atoms with van der Waals surface area (Å²) in [5, 5.41) is 3.48. The fraction of sp³-hybridized carbons (Fsp3) is 0.529. The molecule has 1 aliphatic heterocycles. The number of para-hydroxylation sites is 1. The van der Waals surface area contributed by atoms with Crippen molar-refractivity contribution in [3.05, 3.63) is 29.3 Å². The van der Waals surface area contributed by atoms with E-state index in [1.807, 2.05) is 25.1 Å². The minimum atomic E-state index is -0.163. The quantitative estimate of drug-likeness (QED) is 0.765. The number of hydrogen-bond donors (Lipinski definition) is 1. The summed E-state index contributed by atoms with van der Waals surface area (Å²) >= 11 is 6.02. The number of likely N-dealkylation sites (N-methyl/N-ethyl adjacent to an activating group) is 1. The molecule has 1 heterocycles. The second-order valence-electron chi connectivity index (χ2n) is 5.84. The number of hydrogen-bond acceptors (Lipinski definition) is 3. The molecule has 0 bridgehead atoms. The summed E-state index contributed by atoms with van der Waals surface area (Å²) in [5.41, 5.74) is 0. The van der Waals surface area contributed by atoms with Crippen LogP contribution in [0.1, 0.15) is 19.8 Å². The van der Waals surface area contributed by atoms with E-state index in [1.165, 1.54) is 0 Å². The summed E-state index contributed by atoms with van der Waals surface area (Å²) in [6.45, 7) is 4.25. The third kappa shape index (κ3) is 5.03. The number of likely N-dealkylation sites (tertiary alicyclic amines) is 1. The Morgan fingerprint density at radius 2 is 2.21 bits per heavy atom. The van der Waals surface area contributed by atoms with E-state index < -0.39 is 0 Å². The van der Waals surface area contributed by atoms with Gasteiger partial charge in [0.2, 0.25) is 5.91 Å². The Balaban J connectivity index is 1.67. The largest absolute Gasteiger partial charge is 0.492 e. The molecule has 1 aromatic rings. The molecule has 0 aromatic heterocycles. The van der Waals surface area contributed by atoms with Crippen molar-refractivity contribution in [2.24, 2.45) is 0 Å². The van der Waals surface area contributed by atoms with Crippen molar-refractivity contribution in [3.63, 3.8) is 0 Å². The molecule has 24 heavy (non-hydrogen) atoms. The van der Waals surface area contributed by atoms with Gasteiger partial charge in [0.25, 0.3) is 0 Å². The van der Waals surface area contributed by atoms with Gasteiger partial charge >= 0.3 is 6.03 Å². The van der Waals surface area contributed by atoms with Gasteiger partial charge in [-0.2, -0.15) is 0 Å². The van der Waals surface area contributed by atoms with Crippen LogP contribution < -0.4 is 10.1 Å². The van der Waals surface area contributed by atoms with Crippen LogP contribution in [0, 0.1) is 0 Å². The van der Waals surface area contributed by atoms with Gasteiger partial charge in [-0.3, -0.25) is 4.79 Å². The molecule has 7 heteroatoms. The number of benzene rings is 1. The van der Waals surface area contributed by atoms with Crippen molar-refractivity contribution in [2.75, 3.05) is 33.3 Å². The number of halogens is 1. The number of nitrogens with one attached hydrogen (secondary N) is 1. The second-order valence-corrected chi connectivity index (χ2v) is 6.24. The fourth-order valence-electron chi connectivity index (χ4n) is 2.61.